The first kappa shape index (κ1) is 22.7. The SMILES string of the molecule is CC(C)NC(=O)c1ccc(N2CCC(CNC(=O)c3ccc(C(C)C)cn3)CC2)nc1.[HH].[HH]. The smallest absolute Gasteiger partial charge is 0.269 e. The van der Waals surface area contributed by atoms with Crippen LogP contribution in [0.15, 0.2) is 36.7 Å². The van der Waals surface area contributed by atoms with Crippen LogP contribution in [0.2, 0.25) is 0 Å². The highest BCUT2D eigenvalue weighted by molar-refractivity contribution is 5.94. The van der Waals surface area contributed by atoms with E-state index in [1.807, 2.05) is 32.0 Å². The molecule has 7 nitrogen and oxygen atoms in total. The van der Waals surface area contributed by atoms with Gasteiger partial charge in [-0.05, 0) is 62.3 Å². The van der Waals surface area contributed by atoms with Crippen LogP contribution in [0.1, 0.15) is 75.7 Å². The maximum absolute atomic E-state index is 12.4. The molecule has 0 radical (unpaired) electrons. The second kappa shape index (κ2) is 10.4. The number of hydrogen-bond acceptors (Lipinski definition) is 5. The third kappa shape index (κ3) is 6.26. The molecule has 0 spiro atoms. The van der Waals surface area contributed by atoms with E-state index in [1.165, 1.54) is 0 Å². The molecule has 31 heavy (non-hydrogen) atoms. The Kier molecular flexibility index (Phi) is 7.60. The van der Waals surface area contributed by atoms with Gasteiger partial charge in [0.1, 0.15) is 11.5 Å². The molecule has 3 heterocycles. The Morgan fingerprint density at radius 3 is 2.32 bits per heavy atom. The van der Waals surface area contributed by atoms with Gasteiger partial charge in [0.05, 0.1) is 5.56 Å². The molecule has 2 amide bonds. The van der Waals surface area contributed by atoms with Gasteiger partial charge in [0.2, 0.25) is 0 Å². The van der Waals surface area contributed by atoms with Gasteiger partial charge in [-0.2, -0.15) is 0 Å². The molecule has 2 N–H and O–H groups in total. The standard InChI is InChI=1S/C24H33N5O2.2H2/c1-16(2)19-5-7-21(25-14-19)24(31)27-13-18-9-11-29(12-10-18)22-8-6-20(15-26-22)23(30)28-17(3)4;;/h5-8,14-18H,9-13H2,1-4H3,(H,27,31)(H,28,30);2*1H. The fourth-order valence-electron chi connectivity index (χ4n) is 3.63. The maximum atomic E-state index is 12.4. The predicted molar refractivity (Wildman–Crippen MR) is 127 cm³/mol. The van der Waals surface area contributed by atoms with E-state index in [0.717, 1.165) is 37.3 Å². The van der Waals surface area contributed by atoms with Crippen LogP contribution in [-0.4, -0.2) is 47.5 Å². The zero-order chi connectivity index (χ0) is 22.4. The second-order valence-electron chi connectivity index (χ2n) is 8.81. The average Bonchev–Trinajstić information content (AvgIpc) is 2.77. The van der Waals surface area contributed by atoms with Gasteiger partial charge in [-0.3, -0.25) is 14.6 Å². The summed E-state index contributed by atoms with van der Waals surface area (Å²) in [6, 6.07) is 7.59. The normalized spacial score (nSPS) is 14.7. The van der Waals surface area contributed by atoms with Gasteiger partial charge in [-0.25, -0.2) is 4.98 Å². The predicted octanol–water partition coefficient (Wildman–Crippen LogP) is 3.88. The van der Waals surface area contributed by atoms with Gasteiger partial charge >= 0.3 is 0 Å². The summed E-state index contributed by atoms with van der Waals surface area (Å²) in [6.45, 7) is 10.5. The number of aromatic nitrogens is 2. The van der Waals surface area contributed by atoms with Gasteiger partial charge in [-0.1, -0.05) is 19.9 Å². The van der Waals surface area contributed by atoms with Crippen molar-refractivity contribution in [2.45, 2.75) is 52.5 Å². The van der Waals surface area contributed by atoms with Crippen LogP contribution in [0.25, 0.3) is 0 Å². The van der Waals surface area contributed by atoms with E-state index in [2.05, 4.69) is 39.3 Å². The number of carbonyl (C=O) groups is 2. The first-order valence-corrected chi connectivity index (χ1v) is 11.1. The Balaban J connectivity index is 0.00000272. The highest BCUT2D eigenvalue weighted by Crippen LogP contribution is 2.22. The molecule has 1 aliphatic rings. The molecular weight excluding hydrogens is 390 g/mol. The lowest BCUT2D eigenvalue weighted by atomic mass is 9.96. The summed E-state index contributed by atoms with van der Waals surface area (Å²) in [7, 11) is 0. The molecule has 0 saturated carbocycles. The topological polar surface area (TPSA) is 87.2 Å². The number of carbonyl (C=O) groups excluding carboxylic acids is 2. The van der Waals surface area contributed by atoms with E-state index < -0.39 is 0 Å². The minimum absolute atomic E-state index is 0. The van der Waals surface area contributed by atoms with Gasteiger partial charge in [0.15, 0.2) is 0 Å². The van der Waals surface area contributed by atoms with Gasteiger partial charge < -0.3 is 15.5 Å². The number of rotatable bonds is 7. The van der Waals surface area contributed by atoms with Crippen molar-refractivity contribution in [3.05, 3.63) is 53.5 Å². The van der Waals surface area contributed by atoms with Crippen LogP contribution >= 0.6 is 0 Å². The molecule has 0 bridgehead atoms. The number of amides is 2. The van der Waals surface area contributed by atoms with E-state index in [1.54, 1.807) is 18.5 Å². The lowest BCUT2D eigenvalue weighted by Gasteiger charge is -2.32. The summed E-state index contributed by atoms with van der Waals surface area (Å²) in [4.78, 5) is 35.4. The Bertz CT molecular complexity index is 881. The molecule has 7 heteroatoms. The number of hydrogen-bond donors (Lipinski definition) is 2. The highest BCUT2D eigenvalue weighted by Gasteiger charge is 2.21. The number of pyridine rings is 2. The zero-order valence-electron chi connectivity index (χ0n) is 18.9. The minimum Gasteiger partial charge on any atom is -0.357 e. The lowest BCUT2D eigenvalue weighted by molar-refractivity contribution is 0.0932. The summed E-state index contributed by atoms with van der Waals surface area (Å²) in [5, 5.41) is 5.90. The van der Waals surface area contributed by atoms with Gasteiger partial charge in [0, 0.05) is 40.9 Å². The van der Waals surface area contributed by atoms with Crippen molar-refractivity contribution in [2.75, 3.05) is 24.5 Å². The number of nitrogens with zero attached hydrogens (tertiary/aromatic N) is 3. The Hall–Kier alpha value is -2.96. The van der Waals surface area contributed by atoms with E-state index in [4.69, 9.17) is 0 Å². The van der Waals surface area contributed by atoms with E-state index >= 15 is 0 Å². The number of nitrogens with one attached hydrogen (secondary N) is 2. The van der Waals surface area contributed by atoms with E-state index in [-0.39, 0.29) is 20.7 Å². The highest BCUT2D eigenvalue weighted by atomic mass is 16.2. The van der Waals surface area contributed by atoms with Crippen LogP contribution < -0.4 is 15.5 Å². The quantitative estimate of drug-likeness (QED) is 0.700. The summed E-state index contributed by atoms with van der Waals surface area (Å²) in [5.74, 6) is 1.51. The summed E-state index contributed by atoms with van der Waals surface area (Å²) in [5.41, 5.74) is 2.17. The molecular formula is C24H37N5O2. The summed E-state index contributed by atoms with van der Waals surface area (Å²) in [6.07, 6.45) is 5.38. The number of anilines is 1. The third-order valence-corrected chi connectivity index (χ3v) is 5.61. The molecule has 3 rings (SSSR count). The van der Waals surface area contributed by atoms with E-state index in [9.17, 15) is 9.59 Å². The van der Waals surface area contributed by atoms with Crippen molar-refractivity contribution in [1.29, 1.82) is 0 Å². The molecule has 2 aromatic rings. The molecule has 0 aromatic carbocycles. The fraction of sp³-hybridized carbons (Fsp3) is 0.500. The van der Waals surface area contributed by atoms with Crippen molar-refractivity contribution < 1.29 is 12.4 Å². The van der Waals surface area contributed by atoms with Crippen LogP contribution in [0.4, 0.5) is 5.82 Å². The second-order valence-corrected chi connectivity index (χ2v) is 8.81. The molecule has 1 fully saturated rings. The van der Waals surface area contributed by atoms with E-state index in [0.29, 0.717) is 29.6 Å². The Labute approximate surface area is 187 Å². The molecule has 0 unspecified atom stereocenters. The van der Waals surface area contributed by atoms with Crippen LogP contribution in [-0.2, 0) is 0 Å². The first-order valence-electron chi connectivity index (χ1n) is 11.1. The Morgan fingerprint density at radius 1 is 1.03 bits per heavy atom. The Morgan fingerprint density at radius 2 is 1.77 bits per heavy atom. The van der Waals surface area contributed by atoms with Gasteiger partial charge in [0.25, 0.3) is 11.8 Å². The van der Waals surface area contributed by atoms with Crippen LogP contribution in [0, 0.1) is 5.92 Å². The largest absolute Gasteiger partial charge is 0.357 e. The molecule has 1 saturated heterocycles. The fourth-order valence-corrected chi connectivity index (χ4v) is 3.63. The zero-order valence-corrected chi connectivity index (χ0v) is 18.9. The van der Waals surface area contributed by atoms with Crippen molar-refractivity contribution in [2.24, 2.45) is 5.92 Å². The first-order chi connectivity index (χ1) is 14.8. The number of piperidine rings is 1. The lowest BCUT2D eigenvalue weighted by Crippen LogP contribution is -2.39. The van der Waals surface area contributed by atoms with Crippen LogP contribution in [0.5, 0.6) is 0 Å². The molecule has 2 aromatic heterocycles. The van der Waals surface area contributed by atoms with Gasteiger partial charge in [-0.15, -0.1) is 0 Å². The van der Waals surface area contributed by atoms with Crippen molar-refractivity contribution in [1.82, 2.24) is 20.6 Å². The molecule has 1 aliphatic heterocycles. The molecule has 170 valence electrons. The minimum atomic E-state index is -0.116. The average molecular weight is 428 g/mol. The maximum Gasteiger partial charge on any atom is 0.269 e. The summed E-state index contributed by atoms with van der Waals surface area (Å²) < 4.78 is 0. The van der Waals surface area contributed by atoms with Crippen molar-refractivity contribution in [3.63, 3.8) is 0 Å². The molecule has 0 atom stereocenters. The van der Waals surface area contributed by atoms with Crippen LogP contribution in [0.3, 0.4) is 0 Å². The van der Waals surface area contributed by atoms with Crippen molar-refractivity contribution >= 4 is 17.6 Å². The monoisotopic (exact) mass is 427 g/mol. The summed E-state index contributed by atoms with van der Waals surface area (Å²) >= 11 is 0. The third-order valence-electron chi connectivity index (χ3n) is 5.61. The molecule has 0 aliphatic carbocycles. The van der Waals surface area contributed by atoms with Crippen molar-refractivity contribution in [3.8, 4) is 0 Å².